The van der Waals surface area contributed by atoms with Crippen LogP contribution in [0, 0.1) is 0 Å². The van der Waals surface area contributed by atoms with Crippen molar-refractivity contribution in [3.8, 4) is 0 Å². The van der Waals surface area contributed by atoms with Gasteiger partial charge in [0.15, 0.2) is 5.78 Å². The first-order valence-electron chi connectivity index (χ1n) is 6.20. The highest BCUT2D eigenvalue weighted by Gasteiger charge is 2.34. The van der Waals surface area contributed by atoms with Crippen LogP contribution in [0.2, 0.25) is 0 Å². The van der Waals surface area contributed by atoms with Gasteiger partial charge in [-0.3, -0.25) is 4.79 Å². The Morgan fingerprint density at radius 1 is 1.10 bits per heavy atom. The van der Waals surface area contributed by atoms with Gasteiger partial charge in [0.2, 0.25) is 0 Å². The third-order valence-electron chi connectivity index (χ3n) is 2.94. The van der Waals surface area contributed by atoms with Gasteiger partial charge in [0.25, 0.3) is 0 Å². The topological polar surface area (TPSA) is 17.1 Å². The van der Waals surface area contributed by atoms with Gasteiger partial charge in [-0.1, -0.05) is 24.3 Å². The summed E-state index contributed by atoms with van der Waals surface area (Å²) in [5, 5.41) is 1.94. The Morgan fingerprint density at radius 2 is 1.85 bits per heavy atom. The molecule has 1 nitrogen and oxygen atoms in total. The average molecular weight is 298 g/mol. The number of aryl methyl sites for hydroxylation is 1. The Labute approximate surface area is 119 Å². The molecule has 0 atom stereocenters. The van der Waals surface area contributed by atoms with E-state index in [1.165, 1.54) is 18.2 Å². The van der Waals surface area contributed by atoms with Crippen molar-refractivity contribution in [3.05, 3.63) is 57.8 Å². The molecule has 0 aliphatic rings. The number of benzene rings is 1. The van der Waals surface area contributed by atoms with Gasteiger partial charge in [-0.2, -0.15) is 13.2 Å². The monoisotopic (exact) mass is 298 g/mol. The fourth-order valence-electron chi connectivity index (χ4n) is 1.99. The van der Waals surface area contributed by atoms with Gasteiger partial charge in [-0.05, 0) is 30.4 Å². The number of hydrogen-bond acceptors (Lipinski definition) is 2. The summed E-state index contributed by atoms with van der Waals surface area (Å²) >= 11 is 1.59. The highest BCUT2D eigenvalue weighted by Crippen LogP contribution is 2.32. The molecule has 0 aliphatic heterocycles. The quantitative estimate of drug-likeness (QED) is 0.712. The molecule has 106 valence electrons. The molecule has 2 rings (SSSR count). The second-order valence-electron chi connectivity index (χ2n) is 4.40. The maximum atomic E-state index is 12.8. The molecule has 0 saturated carbocycles. The van der Waals surface area contributed by atoms with E-state index in [2.05, 4.69) is 0 Å². The van der Waals surface area contributed by atoms with E-state index >= 15 is 0 Å². The standard InChI is InChI=1S/C15H13F3OS/c16-15(17,18)13-8-2-1-7-12(13)14(19)9-3-5-11-6-4-10-20-11/h1-2,4,6-8,10H,3,5,9H2. The van der Waals surface area contributed by atoms with Crippen molar-refractivity contribution in [1.82, 2.24) is 0 Å². The smallest absolute Gasteiger partial charge is 0.294 e. The van der Waals surface area contributed by atoms with E-state index in [1.54, 1.807) is 11.3 Å². The first-order chi connectivity index (χ1) is 9.48. The summed E-state index contributed by atoms with van der Waals surface area (Å²) < 4.78 is 38.4. The highest BCUT2D eigenvalue weighted by molar-refractivity contribution is 7.09. The zero-order valence-electron chi connectivity index (χ0n) is 10.6. The minimum Gasteiger partial charge on any atom is -0.294 e. The molecule has 0 N–H and O–H groups in total. The molecule has 0 fully saturated rings. The molecule has 1 aromatic heterocycles. The Bertz CT molecular complexity index is 573. The molecule has 0 spiro atoms. The predicted octanol–water partition coefficient (Wildman–Crippen LogP) is 4.97. The molecule has 0 radical (unpaired) electrons. The average Bonchev–Trinajstić information content (AvgIpc) is 2.91. The van der Waals surface area contributed by atoms with Crippen LogP contribution in [0.25, 0.3) is 0 Å². The maximum Gasteiger partial charge on any atom is 0.417 e. The molecule has 5 heteroatoms. The van der Waals surface area contributed by atoms with E-state index in [0.717, 1.165) is 17.4 Å². The second-order valence-corrected chi connectivity index (χ2v) is 5.43. The van der Waals surface area contributed by atoms with Crippen molar-refractivity contribution < 1.29 is 18.0 Å². The minimum absolute atomic E-state index is 0.130. The number of carbonyl (C=O) groups is 1. The molecule has 0 aliphatic carbocycles. The summed E-state index contributed by atoms with van der Waals surface area (Å²) in [5.74, 6) is -0.450. The minimum atomic E-state index is -4.49. The lowest BCUT2D eigenvalue weighted by Crippen LogP contribution is -2.13. The molecule has 0 bridgehead atoms. The van der Waals surface area contributed by atoms with Gasteiger partial charge in [0.1, 0.15) is 0 Å². The van der Waals surface area contributed by atoms with E-state index in [1.807, 2.05) is 17.5 Å². The molecular weight excluding hydrogens is 285 g/mol. The summed E-state index contributed by atoms with van der Waals surface area (Å²) in [4.78, 5) is 13.1. The third-order valence-corrected chi connectivity index (χ3v) is 3.88. The van der Waals surface area contributed by atoms with E-state index in [9.17, 15) is 18.0 Å². The van der Waals surface area contributed by atoms with Gasteiger partial charge < -0.3 is 0 Å². The van der Waals surface area contributed by atoms with Crippen molar-refractivity contribution in [1.29, 1.82) is 0 Å². The van der Waals surface area contributed by atoms with Crippen LogP contribution in [0.5, 0.6) is 0 Å². The van der Waals surface area contributed by atoms with Crippen LogP contribution in [0.15, 0.2) is 41.8 Å². The van der Waals surface area contributed by atoms with Crippen molar-refractivity contribution in [2.75, 3.05) is 0 Å². The number of Topliss-reactive ketones (excluding diaryl/α,β-unsaturated/α-hetero) is 1. The van der Waals surface area contributed by atoms with Crippen LogP contribution in [-0.4, -0.2) is 5.78 Å². The summed E-state index contributed by atoms with van der Waals surface area (Å²) in [6.45, 7) is 0. The molecular formula is C15H13F3OS. The molecule has 0 saturated heterocycles. The summed E-state index contributed by atoms with van der Waals surface area (Å²) in [6.07, 6.45) is -3.08. The number of thiophene rings is 1. The van der Waals surface area contributed by atoms with E-state index in [-0.39, 0.29) is 12.0 Å². The van der Waals surface area contributed by atoms with Crippen LogP contribution in [0.1, 0.15) is 33.6 Å². The van der Waals surface area contributed by atoms with E-state index in [0.29, 0.717) is 6.42 Å². The molecule has 2 aromatic rings. The van der Waals surface area contributed by atoms with Gasteiger partial charge in [0, 0.05) is 16.9 Å². The van der Waals surface area contributed by atoms with Crippen LogP contribution in [0.4, 0.5) is 13.2 Å². The number of rotatable bonds is 5. The Morgan fingerprint density at radius 3 is 2.50 bits per heavy atom. The van der Waals surface area contributed by atoms with Gasteiger partial charge >= 0.3 is 6.18 Å². The number of carbonyl (C=O) groups excluding carboxylic acids is 1. The predicted molar refractivity (Wildman–Crippen MR) is 73.0 cm³/mol. The second kappa shape index (κ2) is 6.22. The lowest BCUT2D eigenvalue weighted by Gasteiger charge is -2.11. The van der Waals surface area contributed by atoms with Gasteiger partial charge in [-0.15, -0.1) is 11.3 Å². The van der Waals surface area contributed by atoms with E-state index in [4.69, 9.17) is 0 Å². The Balaban J connectivity index is 2.02. The van der Waals surface area contributed by atoms with Crippen LogP contribution >= 0.6 is 11.3 Å². The first-order valence-corrected chi connectivity index (χ1v) is 7.08. The lowest BCUT2D eigenvalue weighted by atomic mass is 9.99. The fraction of sp³-hybridized carbons (Fsp3) is 0.267. The third kappa shape index (κ3) is 3.70. The van der Waals surface area contributed by atoms with E-state index < -0.39 is 17.5 Å². The van der Waals surface area contributed by atoms with Gasteiger partial charge in [0.05, 0.1) is 5.56 Å². The highest BCUT2D eigenvalue weighted by atomic mass is 32.1. The number of alkyl halides is 3. The van der Waals surface area contributed by atoms with Crippen molar-refractivity contribution in [3.63, 3.8) is 0 Å². The number of halogens is 3. The normalized spacial score (nSPS) is 11.6. The number of hydrogen-bond donors (Lipinski definition) is 0. The SMILES string of the molecule is O=C(CCCc1cccs1)c1ccccc1C(F)(F)F. The summed E-state index contributed by atoms with van der Waals surface area (Å²) in [5.41, 5.74) is -1.08. The Hall–Kier alpha value is -1.62. The lowest BCUT2D eigenvalue weighted by molar-refractivity contribution is -0.137. The first kappa shape index (κ1) is 14.8. The maximum absolute atomic E-state index is 12.8. The molecule has 1 heterocycles. The number of ketones is 1. The summed E-state index contributed by atoms with van der Waals surface area (Å²) in [6, 6.07) is 8.83. The molecule has 1 aromatic carbocycles. The zero-order chi connectivity index (χ0) is 14.6. The molecule has 0 amide bonds. The molecule has 20 heavy (non-hydrogen) atoms. The van der Waals surface area contributed by atoms with Crippen LogP contribution in [-0.2, 0) is 12.6 Å². The molecule has 0 unspecified atom stereocenters. The van der Waals surface area contributed by atoms with Gasteiger partial charge in [-0.25, -0.2) is 0 Å². The zero-order valence-corrected chi connectivity index (χ0v) is 11.4. The van der Waals surface area contributed by atoms with Crippen LogP contribution in [0.3, 0.4) is 0 Å². The summed E-state index contributed by atoms with van der Waals surface area (Å²) in [7, 11) is 0. The largest absolute Gasteiger partial charge is 0.417 e. The van der Waals surface area contributed by atoms with Crippen molar-refractivity contribution in [2.24, 2.45) is 0 Å². The van der Waals surface area contributed by atoms with Crippen LogP contribution < -0.4 is 0 Å². The Kier molecular flexibility index (Phi) is 4.60. The fourth-order valence-corrected chi connectivity index (χ4v) is 2.74. The van der Waals surface area contributed by atoms with Crippen molar-refractivity contribution in [2.45, 2.75) is 25.4 Å². The van der Waals surface area contributed by atoms with Crippen molar-refractivity contribution >= 4 is 17.1 Å².